The Labute approximate surface area is 222 Å². The summed E-state index contributed by atoms with van der Waals surface area (Å²) in [5, 5.41) is 12.7. The fraction of sp³-hybridized carbons (Fsp3) is 0.370. The molecule has 2 N–H and O–H groups in total. The molecule has 2 atom stereocenters. The molecule has 11 heteroatoms. The van der Waals surface area contributed by atoms with Crippen molar-refractivity contribution in [3.63, 3.8) is 0 Å². The van der Waals surface area contributed by atoms with E-state index in [0.29, 0.717) is 18.2 Å². The lowest BCUT2D eigenvalue weighted by atomic mass is 10.1. The minimum absolute atomic E-state index is 0.0824. The zero-order chi connectivity index (χ0) is 27.7. The first-order chi connectivity index (χ1) is 18.2. The number of rotatable bonds is 12. The van der Waals surface area contributed by atoms with Crippen molar-refractivity contribution in [2.24, 2.45) is 0 Å². The van der Waals surface area contributed by atoms with Crippen LogP contribution >= 0.6 is 0 Å². The monoisotopic (exact) mass is 522 g/mol. The van der Waals surface area contributed by atoms with Crippen molar-refractivity contribution >= 4 is 24.0 Å². The van der Waals surface area contributed by atoms with Crippen LogP contribution in [0.2, 0.25) is 0 Å². The number of amides is 1. The second kappa shape index (κ2) is 13.2. The van der Waals surface area contributed by atoms with Gasteiger partial charge in [-0.05, 0) is 55.7 Å². The molecule has 0 spiro atoms. The second-order valence-corrected chi connectivity index (χ2v) is 8.94. The van der Waals surface area contributed by atoms with E-state index in [-0.39, 0.29) is 18.4 Å². The van der Waals surface area contributed by atoms with Gasteiger partial charge in [0.25, 0.3) is 0 Å². The normalized spacial score (nSPS) is 12.2. The number of likely N-dealkylation sites (N-methyl/N-ethyl adjacent to an activating group) is 1. The molecule has 202 valence electrons. The molecule has 1 heterocycles. The lowest BCUT2D eigenvalue weighted by molar-refractivity contribution is -0.137. The summed E-state index contributed by atoms with van der Waals surface area (Å²) in [5.74, 6) is 0.767. The molecule has 0 saturated carbocycles. The van der Waals surface area contributed by atoms with E-state index < -0.39 is 18.1 Å². The minimum Gasteiger partial charge on any atom is -0.497 e. The predicted molar refractivity (Wildman–Crippen MR) is 144 cm³/mol. The molecule has 11 nitrogen and oxygen atoms in total. The number of methoxy groups -OCH3 is 1. The van der Waals surface area contributed by atoms with Crippen molar-refractivity contribution in [3.8, 4) is 11.5 Å². The number of carbonyl (C=O) groups excluding carboxylic acids is 1. The van der Waals surface area contributed by atoms with Gasteiger partial charge in [-0.15, -0.1) is 0 Å². The van der Waals surface area contributed by atoms with Gasteiger partial charge in [-0.3, -0.25) is 0 Å². The van der Waals surface area contributed by atoms with E-state index in [1.54, 1.807) is 45.5 Å². The maximum Gasteiger partial charge on any atom is 0.414 e. The van der Waals surface area contributed by atoms with Gasteiger partial charge in [-0.2, -0.15) is 4.98 Å². The molecule has 1 amide bonds. The molecule has 0 radical (unpaired) electrons. The van der Waals surface area contributed by atoms with Gasteiger partial charge in [0.15, 0.2) is 0 Å². The summed E-state index contributed by atoms with van der Waals surface area (Å²) >= 11 is 0. The minimum atomic E-state index is -1.05. The Morgan fingerprint density at radius 2 is 1.58 bits per heavy atom. The number of carbonyl (C=O) groups is 2. The molecule has 0 aliphatic heterocycles. The summed E-state index contributed by atoms with van der Waals surface area (Å²) < 4.78 is 10.4. The van der Waals surface area contributed by atoms with E-state index in [0.717, 1.165) is 23.3 Å². The summed E-state index contributed by atoms with van der Waals surface area (Å²) in [7, 11) is 4.82. The smallest absolute Gasteiger partial charge is 0.414 e. The van der Waals surface area contributed by atoms with E-state index in [2.05, 4.69) is 27.2 Å². The van der Waals surface area contributed by atoms with Crippen LogP contribution in [0, 0.1) is 0 Å². The molecule has 38 heavy (non-hydrogen) atoms. The Kier molecular flexibility index (Phi) is 9.80. The Morgan fingerprint density at radius 3 is 2.13 bits per heavy atom. The number of hydrogen-bond acceptors (Lipinski definition) is 9. The van der Waals surface area contributed by atoms with Gasteiger partial charge in [0.1, 0.15) is 23.9 Å². The highest BCUT2D eigenvalue weighted by Crippen LogP contribution is 2.19. The van der Waals surface area contributed by atoms with Crippen LogP contribution in [0.4, 0.5) is 16.7 Å². The number of benzene rings is 2. The number of nitrogens with one attached hydrogen (secondary N) is 1. The highest BCUT2D eigenvalue weighted by Gasteiger charge is 2.21. The van der Waals surface area contributed by atoms with Gasteiger partial charge in [-0.1, -0.05) is 24.3 Å². The predicted octanol–water partition coefficient (Wildman–Crippen LogP) is 3.51. The Bertz CT molecular complexity index is 1200. The maximum absolute atomic E-state index is 12.0. The first-order valence-corrected chi connectivity index (χ1v) is 12.3. The molecule has 0 aliphatic rings. The Balaban J connectivity index is 1.68. The molecule has 3 rings (SSSR count). The van der Waals surface area contributed by atoms with Gasteiger partial charge in [0.2, 0.25) is 11.9 Å². The van der Waals surface area contributed by atoms with Crippen LogP contribution in [0.1, 0.15) is 25.0 Å². The zero-order valence-corrected chi connectivity index (χ0v) is 22.3. The average Bonchev–Trinajstić information content (AvgIpc) is 2.90. The van der Waals surface area contributed by atoms with Crippen molar-refractivity contribution in [2.45, 2.75) is 38.8 Å². The van der Waals surface area contributed by atoms with Crippen LogP contribution in [0.15, 0.2) is 54.9 Å². The van der Waals surface area contributed by atoms with E-state index >= 15 is 0 Å². The third-order valence-corrected chi connectivity index (χ3v) is 5.91. The number of nitrogens with zero attached hydrogens (tertiary/aromatic N) is 5. The van der Waals surface area contributed by atoms with Gasteiger partial charge in [0, 0.05) is 33.1 Å². The number of aromatic nitrogens is 3. The standard InChI is InChI=1S/C27H34N6O5/c1-6-33(18(2)15-19-7-11-21(37-5)12-8-19)26-29-17-28-25(31-26)30-23(24(34)35)16-20-9-13-22(14-10-20)38-27(36)32(3)4/h7-14,17-18,23H,6,15-16H2,1-5H3,(H,34,35)(H,28,29,30,31)/t18?,23-/m0/s1. The topological polar surface area (TPSA) is 130 Å². The highest BCUT2D eigenvalue weighted by atomic mass is 16.6. The van der Waals surface area contributed by atoms with Crippen molar-refractivity contribution in [1.29, 1.82) is 0 Å². The average molecular weight is 523 g/mol. The fourth-order valence-electron chi connectivity index (χ4n) is 3.84. The summed E-state index contributed by atoms with van der Waals surface area (Å²) in [6.45, 7) is 4.76. The maximum atomic E-state index is 12.0. The molecular weight excluding hydrogens is 488 g/mol. The van der Waals surface area contributed by atoms with Crippen molar-refractivity contribution in [3.05, 3.63) is 66.0 Å². The van der Waals surface area contributed by atoms with E-state index in [1.165, 1.54) is 11.2 Å². The second-order valence-electron chi connectivity index (χ2n) is 8.94. The Morgan fingerprint density at radius 1 is 0.974 bits per heavy atom. The molecule has 0 aliphatic carbocycles. The van der Waals surface area contributed by atoms with Crippen LogP contribution in [0.5, 0.6) is 11.5 Å². The summed E-state index contributed by atoms with van der Waals surface area (Å²) in [6.07, 6.45) is 1.82. The van der Waals surface area contributed by atoms with Gasteiger partial charge in [-0.25, -0.2) is 19.6 Å². The van der Waals surface area contributed by atoms with Crippen molar-refractivity contribution in [2.75, 3.05) is 38.0 Å². The molecular formula is C27H34N6O5. The van der Waals surface area contributed by atoms with E-state index in [4.69, 9.17) is 9.47 Å². The highest BCUT2D eigenvalue weighted by molar-refractivity contribution is 5.77. The number of carboxylic acids is 1. The van der Waals surface area contributed by atoms with Gasteiger partial charge >= 0.3 is 12.1 Å². The largest absolute Gasteiger partial charge is 0.497 e. The van der Waals surface area contributed by atoms with Crippen LogP contribution in [0.25, 0.3) is 0 Å². The van der Waals surface area contributed by atoms with Crippen molar-refractivity contribution < 1.29 is 24.2 Å². The van der Waals surface area contributed by atoms with Gasteiger partial charge in [0.05, 0.1) is 7.11 Å². The molecule has 0 bridgehead atoms. The van der Waals surface area contributed by atoms with Gasteiger partial charge < -0.3 is 29.7 Å². The SMILES string of the molecule is CCN(c1ncnc(N[C@@H](Cc2ccc(OC(=O)N(C)C)cc2)C(=O)O)n1)C(C)Cc1ccc(OC)cc1. The summed E-state index contributed by atoms with van der Waals surface area (Å²) in [4.78, 5) is 40.1. The van der Waals surface area contributed by atoms with Crippen LogP contribution in [-0.4, -0.2) is 76.9 Å². The summed E-state index contributed by atoms with van der Waals surface area (Å²) in [5.41, 5.74) is 1.89. The molecule has 3 aromatic rings. The number of anilines is 2. The van der Waals surface area contributed by atoms with Crippen LogP contribution < -0.4 is 19.7 Å². The van der Waals surface area contributed by atoms with E-state index in [9.17, 15) is 14.7 Å². The molecule has 0 saturated heterocycles. The quantitative estimate of drug-likeness (QED) is 0.364. The zero-order valence-electron chi connectivity index (χ0n) is 22.3. The summed E-state index contributed by atoms with van der Waals surface area (Å²) in [6, 6.07) is 13.7. The number of ether oxygens (including phenoxy) is 2. The number of carboxylic acid groups (broad SMARTS) is 1. The first-order valence-electron chi connectivity index (χ1n) is 12.3. The van der Waals surface area contributed by atoms with Crippen LogP contribution in [-0.2, 0) is 17.6 Å². The fourth-order valence-corrected chi connectivity index (χ4v) is 3.84. The van der Waals surface area contributed by atoms with Crippen LogP contribution in [0.3, 0.4) is 0 Å². The first kappa shape index (κ1) is 28.2. The lowest BCUT2D eigenvalue weighted by Crippen LogP contribution is -2.37. The lowest BCUT2D eigenvalue weighted by Gasteiger charge is -2.28. The molecule has 1 aromatic heterocycles. The van der Waals surface area contributed by atoms with E-state index in [1.807, 2.05) is 36.1 Å². The molecule has 2 aromatic carbocycles. The van der Waals surface area contributed by atoms with Crippen molar-refractivity contribution in [1.82, 2.24) is 19.9 Å². The third-order valence-electron chi connectivity index (χ3n) is 5.91. The third kappa shape index (κ3) is 7.79. The molecule has 1 unspecified atom stereocenters. The Hall–Kier alpha value is -4.41. The number of aliphatic carboxylic acids is 1. The number of hydrogen-bond donors (Lipinski definition) is 2. The molecule has 0 fully saturated rings.